The lowest BCUT2D eigenvalue weighted by Crippen LogP contribution is -2.07. The monoisotopic (exact) mass is 430 g/mol. The highest BCUT2D eigenvalue weighted by molar-refractivity contribution is 6.32. The number of hydrogen-bond donors (Lipinski definition) is 1. The minimum Gasteiger partial charge on any atom is -0.494 e. The summed E-state index contributed by atoms with van der Waals surface area (Å²) >= 11 is 5.94. The van der Waals surface area contributed by atoms with Crippen LogP contribution in [0.4, 0.5) is 8.78 Å². The molecular weight excluding hydrogens is 414 g/mol. The Kier molecular flexibility index (Phi) is 5.26. The topological polar surface area (TPSA) is 73.1 Å². The van der Waals surface area contributed by atoms with Gasteiger partial charge in [0.25, 0.3) is 0 Å². The summed E-state index contributed by atoms with van der Waals surface area (Å²) in [5.41, 5.74) is 1.25. The Bertz CT molecular complexity index is 1210. The number of rotatable bonds is 5. The number of nitrogens with zero attached hydrogens (tertiary/aromatic N) is 4. The van der Waals surface area contributed by atoms with Gasteiger partial charge in [-0.25, -0.2) is 13.8 Å². The van der Waals surface area contributed by atoms with Crippen LogP contribution in [0.15, 0.2) is 36.4 Å². The number of benzene rings is 2. The van der Waals surface area contributed by atoms with E-state index < -0.39 is 11.6 Å². The number of para-hydroxylation sites is 1. The third-order valence-corrected chi connectivity index (χ3v) is 5.05. The van der Waals surface area contributed by atoms with Gasteiger partial charge in [-0.05, 0) is 19.9 Å². The molecule has 0 spiro atoms. The van der Waals surface area contributed by atoms with Gasteiger partial charge in [-0.1, -0.05) is 29.8 Å². The van der Waals surface area contributed by atoms with Gasteiger partial charge < -0.3 is 9.84 Å². The summed E-state index contributed by atoms with van der Waals surface area (Å²) in [5.74, 6) is -1.52. The Morgan fingerprint density at radius 3 is 2.50 bits per heavy atom. The van der Waals surface area contributed by atoms with E-state index in [0.717, 1.165) is 12.1 Å². The van der Waals surface area contributed by atoms with Gasteiger partial charge in [-0.15, -0.1) is 0 Å². The Morgan fingerprint density at radius 2 is 1.83 bits per heavy atom. The van der Waals surface area contributed by atoms with Crippen LogP contribution in [0, 0.1) is 18.6 Å². The first-order valence-corrected chi connectivity index (χ1v) is 9.56. The number of aryl methyl sites for hydroxylation is 1. The Hall–Kier alpha value is -3.26. The average Bonchev–Trinajstić information content (AvgIpc) is 3.07. The van der Waals surface area contributed by atoms with Crippen LogP contribution in [-0.4, -0.2) is 31.5 Å². The minimum atomic E-state index is -0.726. The first-order valence-electron chi connectivity index (χ1n) is 9.18. The highest BCUT2D eigenvalue weighted by atomic mass is 35.5. The molecule has 2 aromatic heterocycles. The second-order valence-corrected chi connectivity index (χ2v) is 6.97. The highest BCUT2D eigenvalue weighted by Gasteiger charge is 2.20. The summed E-state index contributed by atoms with van der Waals surface area (Å²) in [7, 11) is 0. The SMILES string of the molecule is CCOc1cc(F)c(Cn2nc(-c3nc(C)c(Cl)c(O)n3)c3ccccc32)c(F)c1. The van der Waals surface area contributed by atoms with E-state index >= 15 is 0 Å². The molecule has 0 saturated carbocycles. The summed E-state index contributed by atoms with van der Waals surface area (Å²) in [5, 5.41) is 15.2. The van der Waals surface area contributed by atoms with Gasteiger partial charge in [0.05, 0.1) is 24.4 Å². The first-order chi connectivity index (χ1) is 14.4. The summed E-state index contributed by atoms with van der Waals surface area (Å²) in [6.07, 6.45) is 0. The molecule has 0 unspecified atom stereocenters. The lowest BCUT2D eigenvalue weighted by atomic mass is 10.1. The van der Waals surface area contributed by atoms with Gasteiger partial charge >= 0.3 is 0 Å². The zero-order valence-corrected chi connectivity index (χ0v) is 16.9. The number of aromatic hydroxyl groups is 1. The van der Waals surface area contributed by atoms with E-state index in [1.165, 1.54) is 4.68 Å². The summed E-state index contributed by atoms with van der Waals surface area (Å²) in [4.78, 5) is 8.31. The van der Waals surface area contributed by atoms with E-state index in [1.54, 1.807) is 38.1 Å². The highest BCUT2D eigenvalue weighted by Crippen LogP contribution is 2.31. The van der Waals surface area contributed by atoms with Crippen molar-refractivity contribution in [1.82, 2.24) is 19.7 Å². The molecule has 0 aliphatic carbocycles. The van der Waals surface area contributed by atoms with Crippen molar-refractivity contribution >= 4 is 22.5 Å². The number of hydrogen-bond acceptors (Lipinski definition) is 5. The number of ether oxygens (including phenoxy) is 1. The molecule has 0 fully saturated rings. The summed E-state index contributed by atoms with van der Waals surface area (Å²) in [6, 6.07) is 9.47. The number of fused-ring (bicyclic) bond motifs is 1. The zero-order chi connectivity index (χ0) is 21.4. The van der Waals surface area contributed by atoms with E-state index in [9.17, 15) is 13.9 Å². The molecule has 2 aromatic carbocycles. The zero-order valence-electron chi connectivity index (χ0n) is 16.2. The van der Waals surface area contributed by atoms with E-state index in [-0.39, 0.29) is 34.6 Å². The van der Waals surface area contributed by atoms with Crippen molar-refractivity contribution in [3.05, 3.63) is 64.3 Å². The molecule has 0 saturated heterocycles. The molecule has 0 atom stereocenters. The molecule has 0 aliphatic rings. The maximum atomic E-state index is 14.6. The van der Waals surface area contributed by atoms with E-state index in [0.29, 0.717) is 28.9 Å². The molecule has 30 heavy (non-hydrogen) atoms. The molecule has 154 valence electrons. The third-order valence-electron chi connectivity index (χ3n) is 4.60. The summed E-state index contributed by atoms with van der Waals surface area (Å²) < 4.78 is 35.8. The van der Waals surface area contributed by atoms with Crippen LogP contribution >= 0.6 is 11.6 Å². The van der Waals surface area contributed by atoms with Crippen LogP contribution in [-0.2, 0) is 6.54 Å². The summed E-state index contributed by atoms with van der Waals surface area (Å²) in [6.45, 7) is 3.53. The molecule has 4 aromatic rings. The fourth-order valence-corrected chi connectivity index (χ4v) is 3.28. The average molecular weight is 431 g/mol. The Balaban J connectivity index is 1.83. The fraction of sp³-hybridized carbons (Fsp3) is 0.190. The molecule has 4 rings (SSSR count). The van der Waals surface area contributed by atoms with Crippen molar-refractivity contribution in [3.63, 3.8) is 0 Å². The fourth-order valence-electron chi connectivity index (χ4n) is 3.19. The van der Waals surface area contributed by atoms with Crippen LogP contribution < -0.4 is 4.74 Å². The van der Waals surface area contributed by atoms with Crippen molar-refractivity contribution in [3.8, 4) is 23.1 Å². The second kappa shape index (κ2) is 7.87. The van der Waals surface area contributed by atoms with Crippen LogP contribution in [0.1, 0.15) is 18.2 Å². The minimum absolute atomic E-state index is 0.0565. The number of aromatic nitrogens is 4. The lowest BCUT2D eigenvalue weighted by Gasteiger charge is -2.09. The predicted molar refractivity (Wildman–Crippen MR) is 109 cm³/mol. The normalized spacial score (nSPS) is 11.2. The molecule has 0 aliphatic heterocycles. The van der Waals surface area contributed by atoms with E-state index in [2.05, 4.69) is 15.1 Å². The second-order valence-electron chi connectivity index (χ2n) is 6.59. The molecule has 6 nitrogen and oxygen atoms in total. The molecule has 0 bridgehead atoms. The molecule has 9 heteroatoms. The van der Waals surface area contributed by atoms with Crippen molar-refractivity contribution in [2.45, 2.75) is 20.4 Å². The van der Waals surface area contributed by atoms with Crippen molar-refractivity contribution in [2.75, 3.05) is 6.61 Å². The molecular formula is C21H17ClF2N4O2. The van der Waals surface area contributed by atoms with Gasteiger partial charge in [0.1, 0.15) is 28.1 Å². The standard InChI is InChI=1S/C21H17ClF2N4O2/c1-3-30-12-8-15(23)14(16(24)9-12)10-28-17-7-5-4-6-13(17)19(27-28)20-25-11(2)18(22)21(29)26-20/h4-9H,3,10H2,1-2H3,(H,25,26,29). The van der Waals surface area contributed by atoms with Crippen molar-refractivity contribution in [2.24, 2.45) is 0 Å². The molecule has 1 N–H and O–H groups in total. The van der Waals surface area contributed by atoms with Gasteiger partial charge in [-0.3, -0.25) is 4.68 Å². The van der Waals surface area contributed by atoms with Gasteiger partial charge in [0, 0.05) is 23.1 Å². The van der Waals surface area contributed by atoms with E-state index in [1.807, 2.05) is 0 Å². The van der Waals surface area contributed by atoms with Crippen LogP contribution in [0.3, 0.4) is 0 Å². The lowest BCUT2D eigenvalue weighted by molar-refractivity contribution is 0.335. The van der Waals surface area contributed by atoms with Gasteiger partial charge in [0.2, 0.25) is 5.88 Å². The first kappa shape index (κ1) is 20.0. The molecule has 2 heterocycles. The molecule has 0 radical (unpaired) electrons. The van der Waals surface area contributed by atoms with Crippen LogP contribution in [0.5, 0.6) is 11.6 Å². The largest absolute Gasteiger partial charge is 0.494 e. The van der Waals surface area contributed by atoms with Crippen molar-refractivity contribution in [1.29, 1.82) is 0 Å². The predicted octanol–water partition coefficient (Wildman–Crippen LogP) is 4.89. The maximum absolute atomic E-state index is 14.6. The maximum Gasteiger partial charge on any atom is 0.234 e. The van der Waals surface area contributed by atoms with Crippen LogP contribution in [0.2, 0.25) is 5.02 Å². The van der Waals surface area contributed by atoms with E-state index in [4.69, 9.17) is 16.3 Å². The van der Waals surface area contributed by atoms with Crippen LogP contribution in [0.25, 0.3) is 22.4 Å². The molecule has 0 amide bonds. The quantitative estimate of drug-likeness (QED) is 0.488. The van der Waals surface area contributed by atoms with Gasteiger partial charge in [-0.2, -0.15) is 10.1 Å². The Labute approximate surface area is 175 Å². The third kappa shape index (κ3) is 3.54. The number of halogens is 3. The van der Waals surface area contributed by atoms with Gasteiger partial charge in [0.15, 0.2) is 5.82 Å². The van der Waals surface area contributed by atoms with Crippen molar-refractivity contribution < 1.29 is 18.6 Å². The smallest absolute Gasteiger partial charge is 0.234 e. The Morgan fingerprint density at radius 1 is 1.13 bits per heavy atom.